The molecule has 0 radical (unpaired) electrons. The molecule has 0 aromatic heterocycles. The highest BCUT2D eigenvalue weighted by Crippen LogP contribution is 2.22. The summed E-state index contributed by atoms with van der Waals surface area (Å²) in [5.74, 6) is -0.156. The van der Waals surface area contributed by atoms with Crippen molar-refractivity contribution in [2.24, 2.45) is 0 Å². The second-order valence-electron chi connectivity index (χ2n) is 2.40. The van der Waals surface area contributed by atoms with E-state index in [-0.39, 0.29) is 0 Å². The van der Waals surface area contributed by atoms with Gasteiger partial charge in [-0.25, -0.2) is 4.79 Å². The highest BCUT2D eigenvalue weighted by atomic mass is 32.2. The molecule has 1 aromatic carbocycles. The molecule has 1 aromatic rings. The average molecular weight is 194 g/mol. The molecular weight excluding hydrogens is 184 g/mol. The molecule has 0 bridgehead atoms. The van der Waals surface area contributed by atoms with Gasteiger partial charge >= 0.3 is 5.97 Å². The van der Waals surface area contributed by atoms with E-state index in [2.05, 4.69) is 6.58 Å². The summed E-state index contributed by atoms with van der Waals surface area (Å²) < 4.78 is 0. The molecule has 0 aliphatic rings. The first-order valence-electron chi connectivity index (χ1n) is 3.81. The average Bonchev–Trinajstić information content (AvgIpc) is 2.15. The fraction of sp³-hybridized carbons (Fsp3) is 0.100. The van der Waals surface area contributed by atoms with Crippen molar-refractivity contribution < 1.29 is 9.90 Å². The quantitative estimate of drug-likeness (QED) is 0.591. The Bertz CT molecular complexity index is 320. The topological polar surface area (TPSA) is 37.3 Å². The van der Waals surface area contributed by atoms with Gasteiger partial charge in [-0.1, -0.05) is 18.2 Å². The van der Waals surface area contributed by atoms with E-state index in [4.69, 9.17) is 5.11 Å². The minimum atomic E-state index is -0.882. The zero-order chi connectivity index (χ0) is 9.68. The van der Waals surface area contributed by atoms with Crippen molar-refractivity contribution in [2.45, 2.75) is 4.90 Å². The minimum absolute atomic E-state index is 0.356. The summed E-state index contributed by atoms with van der Waals surface area (Å²) in [6, 6.07) is 6.96. The summed E-state index contributed by atoms with van der Waals surface area (Å²) in [4.78, 5) is 11.5. The van der Waals surface area contributed by atoms with Gasteiger partial charge in [0.2, 0.25) is 0 Å². The van der Waals surface area contributed by atoms with Crippen LogP contribution in [0.1, 0.15) is 10.4 Å². The van der Waals surface area contributed by atoms with Gasteiger partial charge in [-0.05, 0) is 12.1 Å². The van der Waals surface area contributed by atoms with Crippen LogP contribution in [-0.4, -0.2) is 16.8 Å². The molecule has 0 atom stereocenters. The van der Waals surface area contributed by atoms with E-state index in [1.165, 1.54) is 11.8 Å². The maximum absolute atomic E-state index is 10.7. The molecule has 0 aliphatic heterocycles. The van der Waals surface area contributed by atoms with E-state index < -0.39 is 5.97 Å². The van der Waals surface area contributed by atoms with Crippen LogP contribution in [0.2, 0.25) is 0 Å². The zero-order valence-corrected chi connectivity index (χ0v) is 7.88. The Morgan fingerprint density at radius 1 is 1.54 bits per heavy atom. The molecule has 0 spiro atoms. The molecule has 1 rings (SSSR count). The Labute approximate surface area is 81.3 Å². The van der Waals surface area contributed by atoms with Crippen LogP contribution >= 0.6 is 11.8 Å². The van der Waals surface area contributed by atoms with Gasteiger partial charge in [-0.2, -0.15) is 0 Å². The molecular formula is C10H10O2S. The van der Waals surface area contributed by atoms with Crippen molar-refractivity contribution in [3.05, 3.63) is 42.5 Å². The van der Waals surface area contributed by atoms with E-state index in [1.807, 2.05) is 6.07 Å². The van der Waals surface area contributed by atoms with Gasteiger partial charge in [0, 0.05) is 10.6 Å². The van der Waals surface area contributed by atoms with Crippen molar-refractivity contribution in [1.29, 1.82) is 0 Å². The van der Waals surface area contributed by atoms with Gasteiger partial charge in [0.05, 0.1) is 5.56 Å². The van der Waals surface area contributed by atoms with Gasteiger partial charge in [-0.3, -0.25) is 0 Å². The maximum atomic E-state index is 10.7. The molecule has 0 fully saturated rings. The van der Waals surface area contributed by atoms with Crippen LogP contribution in [0.5, 0.6) is 0 Å². The second kappa shape index (κ2) is 4.72. The number of rotatable bonds is 4. The lowest BCUT2D eigenvalue weighted by atomic mass is 10.2. The van der Waals surface area contributed by atoms with E-state index in [0.29, 0.717) is 5.56 Å². The van der Waals surface area contributed by atoms with Gasteiger partial charge < -0.3 is 5.11 Å². The number of aromatic carboxylic acids is 1. The summed E-state index contributed by atoms with van der Waals surface area (Å²) in [6.45, 7) is 3.58. The Balaban J connectivity index is 2.90. The number of carboxylic acid groups (broad SMARTS) is 1. The van der Waals surface area contributed by atoms with Crippen LogP contribution < -0.4 is 0 Å². The van der Waals surface area contributed by atoms with Crippen LogP contribution in [-0.2, 0) is 0 Å². The number of benzene rings is 1. The predicted octanol–water partition coefficient (Wildman–Crippen LogP) is 2.66. The lowest BCUT2D eigenvalue weighted by molar-refractivity contribution is 0.0693. The number of thioether (sulfide) groups is 1. The number of hydrogen-bond acceptors (Lipinski definition) is 2. The second-order valence-corrected chi connectivity index (χ2v) is 3.46. The van der Waals surface area contributed by atoms with Gasteiger partial charge in [-0.15, -0.1) is 18.3 Å². The lowest BCUT2D eigenvalue weighted by Crippen LogP contribution is -1.98. The zero-order valence-electron chi connectivity index (χ0n) is 7.06. The monoisotopic (exact) mass is 194 g/mol. The SMILES string of the molecule is C=CCSc1ccccc1C(=O)O. The molecule has 13 heavy (non-hydrogen) atoms. The Morgan fingerprint density at radius 3 is 2.85 bits per heavy atom. The van der Waals surface area contributed by atoms with Crippen molar-refractivity contribution in [2.75, 3.05) is 5.75 Å². The normalized spacial score (nSPS) is 9.54. The van der Waals surface area contributed by atoms with Crippen molar-refractivity contribution in [3.63, 3.8) is 0 Å². The van der Waals surface area contributed by atoms with Crippen LogP contribution in [0.15, 0.2) is 41.8 Å². The first-order chi connectivity index (χ1) is 6.25. The molecule has 0 saturated heterocycles. The molecule has 1 N–H and O–H groups in total. The standard InChI is InChI=1S/C10H10O2S/c1-2-7-13-9-6-4-3-5-8(9)10(11)12/h2-6H,1,7H2,(H,11,12). The Kier molecular flexibility index (Phi) is 3.58. The summed E-state index contributed by atoms with van der Waals surface area (Å²) in [5.41, 5.74) is 0.356. The van der Waals surface area contributed by atoms with E-state index in [9.17, 15) is 4.79 Å². The predicted molar refractivity (Wildman–Crippen MR) is 54.3 cm³/mol. The first-order valence-corrected chi connectivity index (χ1v) is 4.80. The molecule has 0 aliphatic carbocycles. The fourth-order valence-electron chi connectivity index (χ4n) is 0.918. The summed E-state index contributed by atoms with van der Waals surface area (Å²) in [5, 5.41) is 8.83. The molecule has 0 saturated carbocycles. The smallest absolute Gasteiger partial charge is 0.336 e. The molecule has 2 nitrogen and oxygen atoms in total. The van der Waals surface area contributed by atoms with E-state index in [0.717, 1.165) is 10.6 Å². The third-order valence-corrected chi connectivity index (χ3v) is 2.54. The van der Waals surface area contributed by atoms with Crippen molar-refractivity contribution in [3.8, 4) is 0 Å². The van der Waals surface area contributed by atoms with Crippen LogP contribution in [0.3, 0.4) is 0 Å². The van der Waals surface area contributed by atoms with Crippen molar-refractivity contribution in [1.82, 2.24) is 0 Å². The molecule has 0 unspecified atom stereocenters. The third-order valence-electron chi connectivity index (χ3n) is 1.47. The summed E-state index contributed by atoms with van der Waals surface area (Å²) in [7, 11) is 0. The van der Waals surface area contributed by atoms with E-state index >= 15 is 0 Å². The number of carbonyl (C=O) groups is 1. The van der Waals surface area contributed by atoms with Crippen LogP contribution in [0.4, 0.5) is 0 Å². The summed E-state index contributed by atoms with van der Waals surface area (Å²) in [6.07, 6.45) is 1.75. The highest BCUT2D eigenvalue weighted by Gasteiger charge is 2.07. The van der Waals surface area contributed by atoms with Crippen LogP contribution in [0, 0.1) is 0 Å². The van der Waals surface area contributed by atoms with Crippen molar-refractivity contribution >= 4 is 17.7 Å². The largest absolute Gasteiger partial charge is 0.478 e. The lowest BCUT2D eigenvalue weighted by Gasteiger charge is -2.02. The van der Waals surface area contributed by atoms with Gasteiger partial charge in [0.25, 0.3) is 0 Å². The van der Waals surface area contributed by atoms with Crippen LogP contribution in [0.25, 0.3) is 0 Å². The highest BCUT2D eigenvalue weighted by molar-refractivity contribution is 7.99. The Hall–Kier alpha value is -1.22. The van der Waals surface area contributed by atoms with Gasteiger partial charge in [0.15, 0.2) is 0 Å². The first kappa shape index (κ1) is 9.86. The van der Waals surface area contributed by atoms with E-state index in [1.54, 1.807) is 24.3 Å². The minimum Gasteiger partial charge on any atom is -0.478 e. The molecule has 0 amide bonds. The number of hydrogen-bond donors (Lipinski definition) is 1. The Morgan fingerprint density at radius 2 is 2.23 bits per heavy atom. The fourth-order valence-corrected chi connectivity index (χ4v) is 1.70. The molecule has 0 heterocycles. The summed E-state index contributed by atoms with van der Waals surface area (Å²) >= 11 is 1.48. The third kappa shape index (κ3) is 2.63. The molecule has 68 valence electrons. The van der Waals surface area contributed by atoms with Gasteiger partial charge in [0.1, 0.15) is 0 Å². The molecule has 3 heteroatoms. The maximum Gasteiger partial charge on any atom is 0.336 e. The number of carboxylic acids is 1.